The topological polar surface area (TPSA) is 82.8 Å². The molecule has 2 aromatic carbocycles. The van der Waals surface area contributed by atoms with E-state index in [4.69, 9.17) is 16.1 Å². The zero-order valence-corrected chi connectivity index (χ0v) is 20.3. The summed E-state index contributed by atoms with van der Waals surface area (Å²) >= 11 is 5.91. The second-order valence-corrected chi connectivity index (χ2v) is 9.43. The van der Waals surface area contributed by atoms with Crippen molar-refractivity contribution in [1.29, 1.82) is 0 Å². The molecule has 2 saturated heterocycles. The first kappa shape index (κ1) is 23.4. The molecule has 2 fully saturated rings. The summed E-state index contributed by atoms with van der Waals surface area (Å²) in [5.74, 6) is 0.0994. The number of rotatable bonds is 5. The molecule has 5 rings (SSSR count). The van der Waals surface area contributed by atoms with Crippen LogP contribution in [0.1, 0.15) is 35.5 Å². The SMILES string of the molecule is O=C(Cc1ccc(Cl)cc1)N1CCN(C(=O)c2nc(-c3ccc(N4CCCCC4)cc3)no2)CC1. The zero-order valence-electron chi connectivity index (χ0n) is 19.5. The highest BCUT2D eigenvalue weighted by molar-refractivity contribution is 6.30. The van der Waals surface area contributed by atoms with Crippen LogP contribution in [0.5, 0.6) is 0 Å². The number of anilines is 1. The molecule has 182 valence electrons. The lowest BCUT2D eigenvalue weighted by Gasteiger charge is -2.34. The molecule has 0 atom stereocenters. The van der Waals surface area contributed by atoms with Gasteiger partial charge in [0.05, 0.1) is 6.42 Å². The molecule has 2 aliphatic rings. The third kappa shape index (κ3) is 5.48. The van der Waals surface area contributed by atoms with Crippen molar-refractivity contribution in [3.8, 4) is 11.4 Å². The van der Waals surface area contributed by atoms with Crippen LogP contribution >= 0.6 is 11.6 Å². The van der Waals surface area contributed by atoms with Gasteiger partial charge in [-0.15, -0.1) is 0 Å². The van der Waals surface area contributed by atoms with Gasteiger partial charge in [0, 0.05) is 55.5 Å². The molecule has 0 aliphatic carbocycles. The van der Waals surface area contributed by atoms with E-state index in [1.54, 1.807) is 21.9 Å². The van der Waals surface area contributed by atoms with Crippen LogP contribution in [-0.2, 0) is 11.2 Å². The van der Waals surface area contributed by atoms with Crippen molar-refractivity contribution in [3.63, 3.8) is 0 Å². The number of aromatic nitrogens is 2. The van der Waals surface area contributed by atoms with Gasteiger partial charge in [0.2, 0.25) is 11.7 Å². The molecule has 3 heterocycles. The van der Waals surface area contributed by atoms with Gasteiger partial charge >= 0.3 is 11.8 Å². The minimum Gasteiger partial charge on any atom is -0.372 e. The number of amides is 2. The Hall–Kier alpha value is -3.39. The van der Waals surface area contributed by atoms with E-state index in [1.165, 1.54) is 24.9 Å². The van der Waals surface area contributed by atoms with Crippen molar-refractivity contribution in [3.05, 3.63) is 65.0 Å². The lowest BCUT2D eigenvalue weighted by molar-refractivity contribution is -0.131. The van der Waals surface area contributed by atoms with Crippen molar-refractivity contribution in [2.45, 2.75) is 25.7 Å². The highest BCUT2D eigenvalue weighted by Gasteiger charge is 2.28. The number of nitrogens with zero attached hydrogens (tertiary/aromatic N) is 5. The van der Waals surface area contributed by atoms with Crippen molar-refractivity contribution < 1.29 is 14.1 Å². The summed E-state index contributed by atoms with van der Waals surface area (Å²) in [6.07, 6.45) is 4.06. The van der Waals surface area contributed by atoms with E-state index in [2.05, 4.69) is 27.2 Å². The molecular weight excluding hydrogens is 466 g/mol. The monoisotopic (exact) mass is 493 g/mol. The lowest BCUT2D eigenvalue weighted by atomic mass is 10.1. The smallest absolute Gasteiger partial charge is 0.316 e. The number of hydrogen-bond acceptors (Lipinski definition) is 6. The van der Waals surface area contributed by atoms with E-state index in [-0.39, 0.29) is 17.7 Å². The molecular formula is C26H28ClN5O3. The Morgan fingerprint density at radius 3 is 2.17 bits per heavy atom. The number of piperidine rings is 1. The minimum absolute atomic E-state index is 0.0268. The van der Waals surface area contributed by atoms with E-state index in [0.717, 1.165) is 24.2 Å². The Morgan fingerprint density at radius 1 is 0.829 bits per heavy atom. The highest BCUT2D eigenvalue weighted by atomic mass is 35.5. The van der Waals surface area contributed by atoms with E-state index >= 15 is 0 Å². The van der Waals surface area contributed by atoms with Gasteiger partial charge in [0.1, 0.15) is 0 Å². The molecule has 0 unspecified atom stereocenters. The van der Waals surface area contributed by atoms with Crippen molar-refractivity contribution >= 4 is 29.1 Å². The molecule has 1 aromatic heterocycles. The Kier molecular flexibility index (Phi) is 6.99. The largest absolute Gasteiger partial charge is 0.372 e. The van der Waals surface area contributed by atoms with Gasteiger partial charge in [-0.05, 0) is 61.2 Å². The number of halogens is 1. The standard InChI is InChI=1S/C26H28ClN5O3/c27-21-8-4-19(5-9-21)18-23(33)31-14-16-32(17-15-31)26(34)25-28-24(29-35-25)20-6-10-22(11-7-20)30-12-2-1-3-13-30/h4-11H,1-3,12-18H2. The van der Waals surface area contributed by atoms with E-state index in [9.17, 15) is 9.59 Å². The molecule has 9 heteroatoms. The lowest BCUT2D eigenvalue weighted by Crippen LogP contribution is -2.51. The molecule has 0 radical (unpaired) electrons. The average Bonchev–Trinajstić information content (AvgIpc) is 3.41. The van der Waals surface area contributed by atoms with Crippen molar-refractivity contribution in [2.75, 3.05) is 44.2 Å². The van der Waals surface area contributed by atoms with Crippen molar-refractivity contribution in [2.24, 2.45) is 0 Å². The molecule has 8 nitrogen and oxygen atoms in total. The second kappa shape index (κ2) is 10.5. The second-order valence-electron chi connectivity index (χ2n) is 8.99. The summed E-state index contributed by atoms with van der Waals surface area (Å²) in [7, 11) is 0. The Bertz CT molecular complexity index is 1160. The summed E-state index contributed by atoms with van der Waals surface area (Å²) in [5.41, 5.74) is 2.92. The van der Waals surface area contributed by atoms with E-state index in [1.807, 2.05) is 24.3 Å². The van der Waals surface area contributed by atoms with Crippen LogP contribution in [0.25, 0.3) is 11.4 Å². The van der Waals surface area contributed by atoms with Crippen LogP contribution in [0, 0.1) is 0 Å². The molecule has 2 amide bonds. The first-order chi connectivity index (χ1) is 17.1. The van der Waals surface area contributed by atoms with Crippen LogP contribution < -0.4 is 4.90 Å². The van der Waals surface area contributed by atoms with Gasteiger partial charge < -0.3 is 19.2 Å². The van der Waals surface area contributed by atoms with Gasteiger partial charge in [-0.3, -0.25) is 9.59 Å². The van der Waals surface area contributed by atoms with Crippen LogP contribution in [0.2, 0.25) is 5.02 Å². The molecule has 0 bridgehead atoms. The predicted molar refractivity (Wildman–Crippen MR) is 133 cm³/mol. The molecule has 35 heavy (non-hydrogen) atoms. The Morgan fingerprint density at radius 2 is 1.49 bits per heavy atom. The molecule has 0 spiro atoms. The first-order valence-corrected chi connectivity index (χ1v) is 12.5. The third-order valence-electron chi connectivity index (χ3n) is 6.64. The maximum absolute atomic E-state index is 12.9. The van der Waals surface area contributed by atoms with Gasteiger partial charge in [-0.25, -0.2) is 0 Å². The zero-order chi connectivity index (χ0) is 24.2. The quantitative estimate of drug-likeness (QED) is 0.536. The van der Waals surface area contributed by atoms with Gasteiger partial charge in [-0.1, -0.05) is 28.9 Å². The van der Waals surface area contributed by atoms with Crippen molar-refractivity contribution in [1.82, 2.24) is 19.9 Å². The summed E-state index contributed by atoms with van der Waals surface area (Å²) in [6.45, 7) is 3.95. The fourth-order valence-corrected chi connectivity index (χ4v) is 4.71. The number of carbonyl (C=O) groups excluding carboxylic acids is 2. The van der Waals surface area contributed by atoms with Crippen LogP contribution in [-0.4, -0.2) is 71.0 Å². The molecule has 0 saturated carbocycles. The average molecular weight is 494 g/mol. The summed E-state index contributed by atoms with van der Waals surface area (Å²) in [5, 5.41) is 4.66. The van der Waals surface area contributed by atoms with E-state index < -0.39 is 0 Å². The number of hydrogen-bond donors (Lipinski definition) is 0. The minimum atomic E-state index is -0.307. The normalized spacial score (nSPS) is 16.4. The van der Waals surface area contributed by atoms with Gasteiger partial charge in [0.25, 0.3) is 0 Å². The fourth-order valence-electron chi connectivity index (χ4n) is 4.58. The fraction of sp³-hybridized carbons (Fsp3) is 0.385. The predicted octanol–water partition coefficient (Wildman–Crippen LogP) is 3.91. The summed E-state index contributed by atoms with van der Waals surface area (Å²) in [4.78, 5) is 35.7. The molecule has 2 aliphatic heterocycles. The first-order valence-electron chi connectivity index (χ1n) is 12.1. The summed E-state index contributed by atoms with van der Waals surface area (Å²) in [6, 6.07) is 15.3. The number of piperazine rings is 1. The molecule has 0 N–H and O–H groups in total. The maximum atomic E-state index is 12.9. The third-order valence-corrected chi connectivity index (χ3v) is 6.90. The number of benzene rings is 2. The summed E-state index contributed by atoms with van der Waals surface area (Å²) < 4.78 is 5.29. The van der Waals surface area contributed by atoms with Crippen LogP contribution in [0.4, 0.5) is 5.69 Å². The van der Waals surface area contributed by atoms with Crippen LogP contribution in [0.3, 0.4) is 0 Å². The Balaban J connectivity index is 1.15. The number of carbonyl (C=O) groups is 2. The maximum Gasteiger partial charge on any atom is 0.316 e. The Labute approximate surface area is 209 Å². The van der Waals surface area contributed by atoms with Gasteiger partial charge in [0.15, 0.2) is 0 Å². The van der Waals surface area contributed by atoms with Gasteiger partial charge in [-0.2, -0.15) is 4.98 Å². The van der Waals surface area contributed by atoms with E-state index in [0.29, 0.717) is 43.4 Å². The van der Waals surface area contributed by atoms with Crippen LogP contribution in [0.15, 0.2) is 53.1 Å². The highest BCUT2D eigenvalue weighted by Crippen LogP contribution is 2.24. The molecule has 3 aromatic rings.